The first-order valence-corrected chi connectivity index (χ1v) is 7.38. The van der Waals surface area contributed by atoms with Gasteiger partial charge in [-0.2, -0.15) is 5.10 Å². The minimum Gasteiger partial charge on any atom is -0.352 e. The molecule has 108 valence electrons. The Hall–Kier alpha value is -2.24. The van der Waals surface area contributed by atoms with E-state index in [1.54, 1.807) is 18.6 Å². The van der Waals surface area contributed by atoms with E-state index in [1.165, 1.54) is 12.8 Å². The number of anilines is 2. The highest BCUT2D eigenvalue weighted by Gasteiger charge is 2.32. The molecule has 21 heavy (non-hydrogen) atoms. The van der Waals surface area contributed by atoms with Gasteiger partial charge in [0.25, 0.3) is 0 Å². The smallest absolute Gasteiger partial charge is 0.151 e. The van der Waals surface area contributed by atoms with Crippen LogP contribution in [0.15, 0.2) is 30.7 Å². The highest BCUT2D eigenvalue weighted by Crippen LogP contribution is 2.38. The molecule has 1 aliphatic carbocycles. The molecule has 6 heteroatoms. The van der Waals surface area contributed by atoms with Crippen molar-refractivity contribution < 1.29 is 0 Å². The third-order valence-corrected chi connectivity index (χ3v) is 4.31. The molecule has 0 atom stereocenters. The molecule has 0 radical (unpaired) electrons. The van der Waals surface area contributed by atoms with Crippen LogP contribution in [0.5, 0.6) is 0 Å². The lowest BCUT2D eigenvalue weighted by Crippen LogP contribution is -2.59. The first-order valence-electron chi connectivity index (χ1n) is 7.38. The first kappa shape index (κ1) is 12.5. The van der Waals surface area contributed by atoms with E-state index in [0.29, 0.717) is 12.0 Å². The van der Waals surface area contributed by atoms with Crippen LogP contribution in [-0.4, -0.2) is 46.3 Å². The fraction of sp³-hybridized carbons (Fsp3) is 0.467. The summed E-state index contributed by atoms with van der Waals surface area (Å²) in [6.07, 6.45) is 7.75. The number of aromatic nitrogens is 4. The molecular weight excluding hydrogens is 264 g/mol. The number of rotatable bonds is 4. The van der Waals surface area contributed by atoms with Crippen LogP contribution in [0, 0.1) is 0 Å². The largest absolute Gasteiger partial charge is 0.352 e. The van der Waals surface area contributed by atoms with Crippen LogP contribution < -0.4 is 9.80 Å². The highest BCUT2D eigenvalue weighted by atomic mass is 15.4. The molecule has 2 fully saturated rings. The van der Waals surface area contributed by atoms with E-state index in [4.69, 9.17) is 0 Å². The molecule has 0 amide bonds. The van der Waals surface area contributed by atoms with Crippen LogP contribution in [0.2, 0.25) is 0 Å². The Balaban J connectivity index is 1.38. The summed E-state index contributed by atoms with van der Waals surface area (Å²) < 4.78 is 0. The van der Waals surface area contributed by atoms with E-state index < -0.39 is 0 Å². The SMILES string of the molecule is CN(c1cnccn1)C1CN(c2ccc(C3CC3)nn2)C1. The van der Waals surface area contributed by atoms with Crippen molar-refractivity contribution in [2.75, 3.05) is 29.9 Å². The average Bonchev–Trinajstić information content (AvgIpc) is 3.32. The van der Waals surface area contributed by atoms with Crippen molar-refractivity contribution in [1.82, 2.24) is 20.2 Å². The molecule has 0 unspecified atom stereocenters. The minimum atomic E-state index is 0.451. The maximum atomic E-state index is 4.36. The van der Waals surface area contributed by atoms with Gasteiger partial charge in [0.2, 0.25) is 0 Å². The molecule has 0 bridgehead atoms. The van der Waals surface area contributed by atoms with Crippen LogP contribution in [0.25, 0.3) is 0 Å². The fourth-order valence-electron chi connectivity index (χ4n) is 2.65. The van der Waals surface area contributed by atoms with Crippen molar-refractivity contribution in [2.45, 2.75) is 24.8 Å². The van der Waals surface area contributed by atoms with Crippen molar-refractivity contribution in [3.63, 3.8) is 0 Å². The summed E-state index contributed by atoms with van der Waals surface area (Å²) in [6.45, 7) is 1.90. The van der Waals surface area contributed by atoms with Gasteiger partial charge in [-0.05, 0) is 25.0 Å². The van der Waals surface area contributed by atoms with Gasteiger partial charge in [-0.3, -0.25) is 4.98 Å². The Morgan fingerprint density at radius 2 is 2.00 bits per heavy atom. The Morgan fingerprint density at radius 3 is 2.62 bits per heavy atom. The zero-order valence-corrected chi connectivity index (χ0v) is 12.1. The quantitative estimate of drug-likeness (QED) is 0.846. The molecule has 0 aromatic carbocycles. The third kappa shape index (κ3) is 2.41. The molecule has 4 rings (SSSR count). The fourth-order valence-corrected chi connectivity index (χ4v) is 2.65. The van der Waals surface area contributed by atoms with E-state index in [0.717, 1.165) is 30.4 Å². The van der Waals surface area contributed by atoms with Crippen molar-refractivity contribution in [1.29, 1.82) is 0 Å². The van der Waals surface area contributed by atoms with Gasteiger partial charge >= 0.3 is 0 Å². The van der Waals surface area contributed by atoms with Gasteiger partial charge < -0.3 is 9.80 Å². The molecule has 0 N–H and O–H groups in total. The lowest BCUT2D eigenvalue weighted by molar-refractivity contribution is 0.487. The van der Waals surface area contributed by atoms with Crippen molar-refractivity contribution in [3.8, 4) is 0 Å². The van der Waals surface area contributed by atoms with Gasteiger partial charge in [-0.1, -0.05) is 0 Å². The first-order chi connectivity index (χ1) is 10.3. The Bertz CT molecular complexity index is 604. The number of nitrogens with zero attached hydrogens (tertiary/aromatic N) is 6. The van der Waals surface area contributed by atoms with Gasteiger partial charge in [0.05, 0.1) is 17.9 Å². The summed E-state index contributed by atoms with van der Waals surface area (Å²) >= 11 is 0. The van der Waals surface area contributed by atoms with Crippen LogP contribution >= 0.6 is 0 Å². The van der Waals surface area contributed by atoms with E-state index >= 15 is 0 Å². The van der Waals surface area contributed by atoms with E-state index in [1.807, 2.05) is 0 Å². The summed E-state index contributed by atoms with van der Waals surface area (Å²) in [4.78, 5) is 12.9. The second-order valence-corrected chi connectivity index (χ2v) is 5.82. The standard InChI is InChI=1S/C15H18N6/c1-20(15-8-16-6-7-17-15)12-9-21(10-12)14-5-4-13(18-19-14)11-2-3-11/h4-8,11-12H,2-3,9-10H2,1H3. The predicted octanol–water partition coefficient (Wildman–Crippen LogP) is 1.47. The topological polar surface area (TPSA) is 58.0 Å². The molecule has 0 spiro atoms. The van der Waals surface area contributed by atoms with Gasteiger partial charge in [-0.15, -0.1) is 5.10 Å². The lowest BCUT2D eigenvalue weighted by Gasteiger charge is -2.44. The predicted molar refractivity (Wildman–Crippen MR) is 80.4 cm³/mol. The van der Waals surface area contributed by atoms with E-state index in [9.17, 15) is 0 Å². The van der Waals surface area contributed by atoms with Crippen molar-refractivity contribution in [2.24, 2.45) is 0 Å². The minimum absolute atomic E-state index is 0.451. The zero-order chi connectivity index (χ0) is 14.2. The molecule has 2 aromatic heterocycles. The molecule has 2 aliphatic rings. The summed E-state index contributed by atoms with van der Waals surface area (Å²) in [6, 6.07) is 4.67. The van der Waals surface area contributed by atoms with Crippen LogP contribution in [0.4, 0.5) is 11.6 Å². The molecular formula is C15H18N6. The van der Waals surface area contributed by atoms with Crippen LogP contribution in [0.1, 0.15) is 24.5 Å². The third-order valence-electron chi connectivity index (χ3n) is 4.31. The van der Waals surface area contributed by atoms with Gasteiger partial charge in [0, 0.05) is 38.4 Å². The molecule has 6 nitrogen and oxygen atoms in total. The van der Waals surface area contributed by atoms with Crippen LogP contribution in [0.3, 0.4) is 0 Å². The van der Waals surface area contributed by atoms with E-state index in [2.05, 4.69) is 49.1 Å². The van der Waals surface area contributed by atoms with Crippen molar-refractivity contribution >= 4 is 11.6 Å². The monoisotopic (exact) mass is 282 g/mol. The summed E-state index contributed by atoms with van der Waals surface area (Å²) in [5.41, 5.74) is 1.15. The Kier molecular flexibility index (Phi) is 2.94. The molecule has 1 aliphatic heterocycles. The van der Waals surface area contributed by atoms with Crippen molar-refractivity contribution in [3.05, 3.63) is 36.4 Å². The number of likely N-dealkylation sites (N-methyl/N-ethyl adjacent to an activating group) is 1. The van der Waals surface area contributed by atoms with Crippen LogP contribution in [-0.2, 0) is 0 Å². The molecule has 1 saturated heterocycles. The van der Waals surface area contributed by atoms with Gasteiger partial charge in [-0.25, -0.2) is 4.98 Å². The molecule has 2 aromatic rings. The maximum absolute atomic E-state index is 4.36. The van der Waals surface area contributed by atoms with Gasteiger partial charge in [0.1, 0.15) is 5.82 Å². The second kappa shape index (κ2) is 4.95. The zero-order valence-electron chi connectivity index (χ0n) is 12.1. The van der Waals surface area contributed by atoms with Gasteiger partial charge in [0.15, 0.2) is 5.82 Å². The Morgan fingerprint density at radius 1 is 1.14 bits per heavy atom. The average molecular weight is 282 g/mol. The van der Waals surface area contributed by atoms with E-state index in [-0.39, 0.29) is 0 Å². The maximum Gasteiger partial charge on any atom is 0.151 e. The summed E-state index contributed by atoms with van der Waals surface area (Å²) in [5, 5.41) is 8.70. The normalized spacial score (nSPS) is 18.4. The number of hydrogen-bond acceptors (Lipinski definition) is 6. The summed E-state index contributed by atoms with van der Waals surface area (Å²) in [5.74, 6) is 2.55. The molecule has 3 heterocycles. The summed E-state index contributed by atoms with van der Waals surface area (Å²) in [7, 11) is 2.06. The highest BCUT2D eigenvalue weighted by molar-refractivity contribution is 5.47. The second-order valence-electron chi connectivity index (χ2n) is 5.82. The number of hydrogen-bond donors (Lipinski definition) is 0. The lowest BCUT2D eigenvalue weighted by atomic mass is 10.1. The Labute approximate surface area is 123 Å². The molecule has 1 saturated carbocycles.